The Hall–Kier alpha value is -2.48. The third-order valence-corrected chi connectivity index (χ3v) is 5.50. The van der Waals surface area contributed by atoms with Crippen LogP contribution in [-0.4, -0.2) is 53.2 Å². The number of rotatable bonds is 4. The number of thioether (sulfide) groups is 1. The van der Waals surface area contributed by atoms with Crippen molar-refractivity contribution in [2.75, 3.05) is 31.1 Å². The molecule has 8 heteroatoms. The molecule has 4 rings (SSSR count). The van der Waals surface area contributed by atoms with Crippen LogP contribution < -0.4 is 10.2 Å². The van der Waals surface area contributed by atoms with Gasteiger partial charge in [-0.1, -0.05) is 11.8 Å². The van der Waals surface area contributed by atoms with Gasteiger partial charge in [0, 0.05) is 36.3 Å². The van der Waals surface area contributed by atoms with Crippen molar-refractivity contribution >= 4 is 34.4 Å². The molecule has 130 valence electrons. The number of benzene rings is 1. The lowest BCUT2D eigenvalue weighted by Crippen LogP contribution is -2.36. The normalized spacial score (nSPS) is 22.1. The first-order valence-electron chi connectivity index (χ1n) is 8.16. The Balaban J connectivity index is 1.35. The van der Waals surface area contributed by atoms with Crippen molar-refractivity contribution in [3.8, 4) is 5.75 Å². The zero-order valence-electron chi connectivity index (χ0n) is 13.5. The number of hydrogen-bond acceptors (Lipinski definition) is 6. The van der Waals surface area contributed by atoms with Gasteiger partial charge in [-0.15, -0.1) is 0 Å². The second kappa shape index (κ2) is 6.44. The summed E-state index contributed by atoms with van der Waals surface area (Å²) in [6.45, 7) is 2.47. The number of amides is 2. The third kappa shape index (κ3) is 3.09. The SMILES string of the molecule is O=C(NCC1=CSC2=NCCN12)C1CC(=O)N(c2ccc(O)cc2)C1. The molecule has 3 heterocycles. The van der Waals surface area contributed by atoms with E-state index in [2.05, 4.69) is 15.2 Å². The second-order valence-corrected chi connectivity index (χ2v) is 7.02. The molecule has 0 spiro atoms. The van der Waals surface area contributed by atoms with E-state index in [1.54, 1.807) is 28.8 Å². The van der Waals surface area contributed by atoms with Crippen LogP contribution in [0.5, 0.6) is 5.75 Å². The maximum absolute atomic E-state index is 12.5. The Morgan fingerprint density at radius 1 is 1.32 bits per heavy atom. The van der Waals surface area contributed by atoms with Crippen molar-refractivity contribution < 1.29 is 14.7 Å². The van der Waals surface area contributed by atoms with Gasteiger partial charge in [0.15, 0.2) is 5.17 Å². The van der Waals surface area contributed by atoms with E-state index in [0.29, 0.717) is 18.8 Å². The Bertz CT molecular complexity index is 775. The number of fused-ring (bicyclic) bond motifs is 1. The van der Waals surface area contributed by atoms with Gasteiger partial charge in [0.05, 0.1) is 19.0 Å². The minimum Gasteiger partial charge on any atom is -0.508 e. The molecule has 3 aliphatic rings. The zero-order valence-corrected chi connectivity index (χ0v) is 14.3. The molecule has 1 aromatic rings. The van der Waals surface area contributed by atoms with E-state index in [4.69, 9.17) is 0 Å². The Morgan fingerprint density at radius 3 is 2.92 bits per heavy atom. The van der Waals surface area contributed by atoms with Gasteiger partial charge in [-0.2, -0.15) is 0 Å². The minimum atomic E-state index is -0.359. The van der Waals surface area contributed by atoms with Gasteiger partial charge in [0.25, 0.3) is 0 Å². The quantitative estimate of drug-likeness (QED) is 0.843. The lowest BCUT2D eigenvalue weighted by Gasteiger charge is -2.19. The molecule has 1 unspecified atom stereocenters. The molecule has 3 aliphatic heterocycles. The number of anilines is 1. The first-order chi connectivity index (χ1) is 12.1. The minimum absolute atomic E-state index is 0.0737. The topological polar surface area (TPSA) is 85.2 Å². The summed E-state index contributed by atoms with van der Waals surface area (Å²) in [4.78, 5) is 32.8. The van der Waals surface area contributed by atoms with E-state index in [-0.39, 0.29) is 29.9 Å². The summed E-state index contributed by atoms with van der Waals surface area (Å²) in [6, 6.07) is 6.44. The Morgan fingerprint density at radius 2 is 2.12 bits per heavy atom. The predicted octanol–water partition coefficient (Wildman–Crippen LogP) is 1.12. The molecule has 2 amide bonds. The van der Waals surface area contributed by atoms with Crippen LogP contribution in [0.2, 0.25) is 0 Å². The maximum Gasteiger partial charge on any atom is 0.227 e. The summed E-state index contributed by atoms with van der Waals surface area (Å²) in [7, 11) is 0. The highest BCUT2D eigenvalue weighted by molar-refractivity contribution is 8.16. The highest BCUT2D eigenvalue weighted by Crippen LogP contribution is 2.29. The van der Waals surface area contributed by atoms with Crippen LogP contribution in [0.25, 0.3) is 0 Å². The number of amidine groups is 1. The summed E-state index contributed by atoms with van der Waals surface area (Å²) in [6.07, 6.45) is 0.205. The number of aliphatic imine (C=N–C) groups is 1. The first kappa shape index (κ1) is 16.0. The zero-order chi connectivity index (χ0) is 17.4. The predicted molar refractivity (Wildman–Crippen MR) is 96.3 cm³/mol. The average molecular weight is 358 g/mol. The van der Waals surface area contributed by atoms with Crippen molar-refractivity contribution in [3.63, 3.8) is 0 Å². The van der Waals surface area contributed by atoms with Crippen molar-refractivity contribution in [2.24, 2.45) is 10.9 Å². The number of nitrogens with zero attached hydrogens (tertiary/aromatic N) is 3. The van der Waals surface area contributed by atoms with Crippen LogP contribution in [0, 0.1) is 5.92 Å². The van der Waals surface area contributed by atoms with Crippen molar-refractivity contribution in [1.29, 1.82) is 0 Å². The highest BCUT2D eigenvalue weighted by atomic mass is 32.2. The van der Waals surface area contributed by atoms with Crippen molar-refractivity contribution in [3.05, 3.63) is 35.4 Å². The molecule has 7 nitrogen and oxygen atoms in total. The van der Waals surface area contributed by atoms with Crippen LogP contribution in [0.4, 0.5) is 5.69 Å². The van der Waals surface area contributed by atoms with Gasteiger partial charge in [-0.05, 0) is 24.3 Å². The number of phenols is 1. The smallest absolute Gasteiger partial charge is 0.227 e. The molecule has 0 radical (unpaired) electrons. The number of hydrogen-bond donors (Lipinski definition) is 2. The van der Waals surface area contributed by atoms with Gasteiger partial charge >= 0.3 is 0 Å². The fraction of sp³-hybridized carbons (Fsp3) is 0.353. The van der Waals surface area contributed by atoms with Crippen LogP contribution in [0.3, 0.4) is 0 Å². The number of aromatic hydroxyl groups is 1. The number of carbonyl (C=O) groups is 2. The average Bonchev–Trinajstić information content (AvgIpc) is 3.29. The molecule has 0 bridgehead atoms. The van der Waals surface area contributed by atoms with Gasteiger partial charge in [-0.3, -0.25) is 14.6 Å². The van der Waals surface area contributed by atoms with E-state index in [9.17, 15) is 14.7 Å². The monoisotopic (exact) mass is 358 g/mol. The molecule has 1 atom stereocenters. The Labute approximate surface area is 149 Å². The number of phenolic OH excluding ortho intramolecular Hbond substituents is 1. The molecule has 1 aromatic carbocycles. The summed E-state index contributed by atoms with van der Waals surface area (Å²) < 4.78 is 0. The molecular formula is C17H18N4O3S. The molecule has 0 aromatic heterocycles. The van der Waals surface area contributed by atoms with Gasteiger partial charge < -0.3 is 20.2 Å². The van der Waals surface area contributed by atoms with E-state index in [1.165, 1.54) is 12.1 Å². The van der Waals surface area contributed by atoms with Crippen molar-refractivity contribution in [1.82, 2.24) is 10.2 Å². The van der Waals surface area contributed by atoms with E-state index >= 15 is 0 Å². The summed E-state index contributed by atoms with van der Waals surface area (Å²) >= 11 is 1.58. The highest BCUT2D eigenvalue weighted by Gasteiger charge is 2.35. The largest absolute Gasteiger partial charge is 0.508 e. The molecular weight excluding hydrogens is 340 g/mol. The van der Waals surface area contributed by atoms with Crippen LogP contribution in [-0.2, 0) is 9.59 Å². The fourth-order valence-corrected chi connectivity index (χ4v) is 4.16. The van der Waals surface area contributed by atoms with Gasteiger partial charge in [0.1, 0.15) is 5.75 Å². The van der Waals surface area contributed by atoms with Gasteiger partial charge in [0.2, 0.25) is 11.8 Å². The van der Waals surface area contributed by atoms with Crippen LogP contribution in [0.15, 0.2) is 40.4 Å². The summed E-state index contributed by atoms with van der Waals surface area (Å²) in [5, 5.41) is 15.3. The van der Waals surface area contributed by atoms with Crippen LogP contribution in [0.1, 0.15) is 6.42 Å². The molecule has 25 heavy (non-hydrogen) atoms. The standard InChI is InChI=1S/C17H18N4O3S/c22-14-3-1-12(2-4-14)21-9-11(7-15(21)23)16(24)19-8-13-10-25-17-18-5-6-20(13)17/h1-4,10-11,22H,5-9H2,(H,19,24). The summed E-state index contributed by atoms with van der Waals surface area (Å²) in [5.41, 5.74) is 1.75. The van der Waals surface area contributed by atoms with Crippen molar-refractivity contribution in [2.45, 2.75) is 6.42 Å². The second-order valence-electron chi connectivity index (χ2n) is 6.18. The molecule has 0 saturated carbocycles. The molecule has 1 saturated heterocycles. The number of nitrogens with one attached hydrogen (secondary N) is 1. The van der Waals surface area contributed by atoms with Crippen LogP contribution >= 0.6 is 11.8 Å². The van der Waals surface area contributed by atoms with Gasteiger partial charge in [-0.25, -0.2) is 0 Å². The molecule has 2 N–H and O–H groups in total. The molecule has 1 fully saturated rings. The van der Waals surface area contributed by atoms with E-state index in [1.807, 2.05) is 5.41 Å². The lowest BCUT2D eigenvalue weighted by molar-refractivity contribution is -0.126. The third-order valence-electron chi connectivity index (χ3n) is 4.55. The molecule has 0 aliphatic carbocycles. The Kier molecular flexibility index (Phi) is 4.12. The maximum atomic E-state index is 12.5. The summed E-state index contributed by atoms with van der Waals surface area (Å²) in [5.74, 6) is -0.388. The number of carbonyl (C=O) groups excluding carboxylic acids is 2. The van der Waals surface area contributed by atoms with E-state index in [0.717, 1.165) is 24.0 Å². The fourth-order valence-electron chi connectivity index (χ4n) is 3.20. The van der Waals surface area contributed by atoms with E-state index < -0.39 is 0 Å². The first-order valence-corrected chi connectivity index (χ1v) is 9.04. The lowest BCUT2D eigenvalue weighted by atomic mass is 10.1.